The zero-order valence-electron chi connectivity index (χ0n) is 14.1. The van der Waals surface area contributed by atoms with Gasteiger partial charge in [0, 0.05) is 16.5 Å². The van der Waals surface area contributed by atoms with Gasteiger partial charge in [0.15, 0.2) is 0 Å². The first-order valence-electron chi connectivity index (χ1n) is 8.66. The Hall–Kier alpha value is -3.03. The molecule has 0 saturated carbocycles. The summed E-state index contributed by atoms with van der Waals surface area (Å²) in [5, 5.41) is 3.06. The Morgan fingerprint density at radius 3 is 2.08 bits per heavy atom. The quantitative estimate of drug-likeness (QED) is 0.319. The van der Waals surface area contributed by atoms with E-state index < -0.39 is 0 Å². The van der Waals surface area contributed by atoms with Crippen LogP contribution in [0.2, 0.25) is 5.02 Å². The molecule has 0 amide bonds. The average Bonchev–Trinajstić information content (AvgIpc) is 3.04. The van der Waals surface area contributed by atoms with Crippen LogP contribution in [0.15, 0.2) is 97.1 Å². The molecule has 0 aliphatic carbocycles. The normalized spacial score (nSPS) is 11.3. The third-order valence-electron chi connectivity index (χ3n) is 4.86. The first-order valence-corrected chi connectivity index (χ1v) is 9.04. The van der Waals surface area contributed by atoms with Gasteiger partial charge >= 0.3 is 0 Å². The molecule has 4 aromatic carbocycles. The van der Waals surface area contributed by atoms with Crippen molar-refractivity contribution in [2.75, 3.05) is 0 Å². The molecular weight excluding hydrogens is 338 g/mol. The Labute approximate surface area is 157 Å². The molecule has 0 spiro atoms. The Balaban J connectivity index is 1.89. The average molecular weight is 354 g/mol. The van der Waals surface area contributed by atoms with Gasteiger partial charge in [-0.25, -0.2) is 0 Å². The zero-order chi connectivity index (χ0) is 17.5. The molecule has 124 valence electrons. The molecule has 0 saturated heterocycles. The summed E-state index contributed by atoms with van der Waals surface area (Å²) < 4.78 is 2.28. The van der Waals surface area contributed by atoms with Crippen molar-refractivity contribution in [1.29, 1.82) is 0 Å². The number of nitrogens with zero attached hydrogens (tertiary/aromatic N) is 1. The molecule has 0 radical (unpaired) electrons. The SMILES string of the molecule is Clc1cccc2c1c1cc(-c3ccccc3)ccc1n2-c1ccccc1. The monoisotopic (exact) mass is 353 g/mol. The van der Waals surface area contributed by atoms with Crippen molar-refractivity contribution < 1.29 is 0 Å². The van der Waals surface area contributed by atoms with Gasteiger partial charge in [0.25, 0.3) is 0 Å². The van der Waals surface area contributed by atoms with Crippen molar-refractivity contribution in [3.05, 3.63) is 102 Å². The fourth-order valence-corrected chi connectivity index (χ4v) is 3.96. The fraction of sp³-hybridized carbons (Fsp3) is 0. The van der Waals surface area contributed by atoms with Crippen molar-refractivity contribution in [2.45, 2.75) is 0 Å². The predicted molar refractivity (Wildman–Crippen MR) is 111 cm³/mol. The molecule has 0 fully saturated rings. The standard InChI is InChI=1S/C24H16ClN/c25-21-12-7-13-23-24(21)20-16-18(17-8-3-1-4-9-17)14-15-22(20)26(23)19-10-5-2-6-11-19/h1-16H. The molecule has 0 unspecified atom stereocenters. The number of hydrogen-bond acceptors (Lipinski definition) is 0. The Kier molecular flexibility index (Phi) is 3.55. The molecule has 26 heavy (non-hydrogen) atoms. The van der Waals surface area contributed by atoms with E-state index >= 15 is 0 Å². The zero-order valence-corrected chi connectivity index (χ0v) is 14.8. The maximum absolute atomic E-state index is 6.62. The summed E-state index contributed by atoms with van der Waals surface area (Å²) in [4.78, 5) is 0. The summed E-state index contributed by atoms with van der Waals surface area (Å²) in [6.07, 6.45) is 0. The second-order valence-electron chi connectivity index (χ2n) is 6.40. The van der Waals surface area contributed by atoms with Crippen molar-refractivity contribution in [3.8, 4) is 16.8 Å². The van der Waals surface area contributed by atoms with Crippen molar-refractivity contribution in [2.24, 2.45) is 0 Å². The topological polar surface area (TPSA) is 4.93 Å². The van der Waals surface area contributed by atoms with E-state index in [0.717, 1.165) is 21.6 Å². The lowest BCUT2D eigenvalue weighted by molar-refractivity contribution is 1.18. The minimum Gasteiger partial charge on any atom is -0.309 e. The smallest absolute Gasteiger partial charge is 0.0556 e. The molecule has 0 N–H and O–H groups in total. The number of benzene rings is 4. The van der Waals surface area contributed by atoms with Crippen LogP contribution in [0, 0.1) is 0 Å². The Morgan fingerprint density at radius 2 is 1.31 bits per heavy atom. The summed E-state index contributed by atoms with van der Waals surface area (Å²) in [7, 11) is 0. The molecular formula is C24H16ClN. The van der Waals surface area contributed by atoms with Gasteiger partial charge in [-0.15, -0.1) is 0 Å². The van der Waals surface area contributed by atoms with Crippen LogP contribution >= 0.6 is 11.6 Å². The van der Waals surface area contributed by atoms with Crippen LogP contribution in [-0.2, 0) is 0 Å². The summed E-state index contributed by atoms with van der Waals surface area (Å²) in [6, 6.07) is 33.6. The van der Waals surface area contributed by atoms with Gasteiger partial charge in [-0.2, -0.15) is 0 Å². The Morgan fingerprint density at radius 1 is 0.577 bits per heavy atom. The van der Waals surface area contributed by atoms with Crippen LogP contribution in [0.3, 0.4) is 0 Å². The molecule has 0 bridgehead atoms. The second kappa shape index (κ2) is 6.05. The molecule has 1 aromatic heterocycles. The highest BCUT2D eigenvalue weighted by atomic mass is 35.5. The number of rotatable bonds is 2. The van der Waals surface area contributed by atoms with E-state index in [2.05, 4.69) is 77.4 Å². The molecule has 5 aromatic rings. The van der Waals surface area contributed by atoms with Gasteiger partial charge in [0.2, 0.25) is 0 Å². The highest BCUT2D eigenvalue weighted by Gasteiger charge is 2.15. The highest BCUT2D eigenvalue weighted by molar-refractivity contribution is 6.38. The van der Waals surface area contributed by atoms with E-state index in [4.69, 9.17) is 11.6 Å². The van der Waals surface area contributed by atoms with Crippen LogP contribution < -0.4 is 0 Å². The fourth-order valence-electron chi connectivity index (χ4n) is 3.69. The lowest BCUT2D eigenvalue weighted by Gasteiger charge is -2.08. The van der Waals surface area contributed by atoms with Gasteiger partial charge in [-0.1, -0.05) is 72.3 Å². The third-order valence-corrected chi connectivity index (χ3v) is 5.18. The van der Waals surface area contributed by atoms with Crippen LogP contribution in [0.4, 0.5) is 0 Å². The molecule has 1 heterocycles. The van der Waals surface area contributed by atoms with Crippen molar-refractivity contribution in [3.63, 3.8) is 0 Å². The minimum absolute atomic E-state index is 0.785. The van der Waals surface area contributed by atoms with Crippen LogP contribution in [0.1, 0.15) is 0 Å². The van der Waals surface area contributed by atoms with E-state index in [1.54, 1.807) is 0 Å². The van der Waals surface area contributed by atoms with E-state index in [9.17, 15) is 0 Å². The van der Waals surface area contributed by atoms with E-state index in [1.807, 2.05) is 24.3 Å². The number of para-hydroxylation sites is 1. The maximum atomic E-state index is 6.62. The van der Waals surface area contributed by atoms with Gasteiger partial charge in [0.05, 0.1) is 16.1 Å². The molecule has 0 aliphatic heterocycles. The second-order valence-corrected chi connectivity index (χ2v) is 6.81. The van der Waals surface area contributed by atoms with E-state index in [1.165, 1.54) is 22.0 Å². The van der Waals surface area contributed by atoms with Crippen LogP contribution in [-0.4, -0.2) is 4.57 Å². The van der Waals surface area contributed by atoms with E-state index in [-0.39, 0.29) is 0 Å². The van der Waals surface area contributed by atoms with Crippen molar-refractivity contribution in [1.82, 2.24) is 4.57 Å². The number of aromatic nitrogens is 1. The van der Waals surface area contributed by atoms with Gasteiger partial charge in [-0.3, -0.25) is 0 Å². The number of fused-ring (bicyclic) bond motifs is 3. The molecule has 0 aliphatic rings. The summed E-state index contributed by atoms with van der Waals surface area (Å²) in [5.74, 6) is 0. The number of hydrogen-bond donors (Lipinski definition) is 0. The van der Waals surface area contributed by atoms with Crippen molar-refractivity contribution >= 4 is 33.4 Å². The van der Waals surface area contributed by atoms with Gasteiger partial charge < -0.3 is 4.57 Å². The molecule has 2 heteroatoms. The predicted octanol–water partition coefficient (Wildman–Crippen LogP) is 7.10. The maximum Gasteiger partial charge on any atom is 0.0556 e. The highest BCUT2D eigenvalue weighted by Crippen LogP contribution is 2.38. The summed E-state index contributed by atoms with van der Waals surface area (Å²) in [5.41, 5.74) is 5.84. The first kappa shape index (κ1) is 15.2. The molecule has 5 rings (SSSR count). The number of halogens is 1. The largest absolute Gasteiger partial charge is 0.309 e. The summed E-state index contributed by atoms with van der Waals surface area (Å²) >= 11 is 6.62. The lowest BCUT2D eigenvalue weighted by atomic mass is 10.0. The van der Waals surface area contributed by atoms with Crippen LogP contribution in [0.25, 0.3) is 38.6 Å². The minimum atomic E-state index is 0.785. The first-order chi connectivity index (χ1) is 12.8. The lowest BCUT2D eigenvalue weighted by Crippen LogP contribution is -1.92. The van der Waals surface area contributed by atoms with Crippen LogP contribution in [0.5, 0.6) is 0 Å². The van der Waals surface area contributed by atoms with E-state index in [0.29, 0.717) is 0 Å². The van der Waals surface area contributed by atoms with Gasteiger partial charge in [-0.05, 0) is 47.5 Å². The summed E-state index contributed by atoms with van der Waals surface area (Å²) in [6.45, 7) is 0. The Bertz CT molecular complexity index is 1220. The molecule has 0 atom stereocenters. The van der Waals surface area contributed by atoms with Gasteiger partial charge in [0.1, 0.15) is 0 Å². The molecule has 1 nitrogen and oxygen atoms in total. The third kappa shape index (κ3) is 2.33.